The lowest BCUT2D eigenvalue weighted by atomic mass is 10.1. The maximum atomic E-state index is 12.6. The van der Waals surface area contributed by atoms with E-state index in [-0.39, 0.29) is 5.75 Å². The Hall–Kier alpha value is -0.570. The summed E-state index contributed by atoms with van der Waals surface area (Å²) in [6, 6.07) is 4.54. The van der Waals surface area contributed by atoms with Crippen LogP contribution in [0, 0.1) is 5.82 Å². The zero-order valence-corrected chi connectivity index (χ0v) is 7.44. The lowest BCUT2D eigenvalue weighted by molar-refractivity contribution is 0.426. The van der Waals surface area contributed by atoms with E-state index in [1.54, 1.807) is 12.1 Å². The largest absolute Gasteiger partial charge is 0.505 e. The smallest absolute Gasteiger partial charge is 0.165 e. The van der Waals surface area contributed by atoms with Crippen LogP contribution in [0.4, 0.5) is 4.39 Å². The average Bonchev–Trinajstić information content (AvgIpc) is 1.99. The first-order valence-electron chi connectivity index (χ1n) is 3.28. The first kappa shape index (κ1) is 8.53. The van der Waals surface area contributed by atoms with Crippen LogP contribution in [0.25, 0.3) is 0 Å². The molecule has 0 radical (unpaired) electrons. The molecule has 0 saturated heterocycles. The minimum atomic E-state index is -0.552. The van der Waals surface area contributed by atoms with Crippen molar-refractivity contribution in [2.45, 2.75) is 6.42 Å². The van der Waals surface area contributed by atoms with Gasteiger partial charge in [-0.05, 0) is 18.1 Å². The van der Waals surface area contributed by atoms with Crippen LogP contribution in [0.1, 0.15) is 5.56 Å². The van der Waals surface area contributed by atoms with Gasteiger partial charge in [0, 0.05) is 5.33 Å². The van der Waals surface area contributed by atoms with E-state index in [1.165, 1.54) is 6.07 Å². The highest BCUT2D eigenvalue weighted by Gasteiger charge is 2.04. The first-order valence-corrected chi connectivity index (χ1v) is 4.40. The number of benzene rings is 1. The van der Waals surface area contributed by atoms with Crippen LogP contribution in [-0.4, -0.2) is 10.4 Å². The Bertz CT molecular complexity index is 250. The normalized spacial score (nSPS) is 10.0. The van der Waals surface area contributed by atoms with Gasteiger partial charge in [0.1, 0.15) is 0 Å². The molecule has 0 heterocycles. The molecule has 0 aliphatic carbocycles. The lowest BCUT2D eigenvalue weighted by Crippen LogP contribution is -1.88. The van der Waals surface area contributed by atoms with Gasteiger partial charge in [-0.1, -0.05) is 28.1 Å². The van der Waals surface area contributed by atoms with Gasteiger partial charge in [-0.3, -0.25) is 0 Å². The molecule has 0 amide bonds. The standard InChI is InChI=1S/C8H8BrFO/c9-5-4-6-2-1-3-7(10)8(6)11/h1-3,11H,4-5H2. The summed E-state index contributed by atoms with van der Waals surface area (Å²) >= 11 is 3.21. The van der Waals surface area contributed by atoms with Crippen molar-refractivity contribution in [1.82, 2.24) is 0 Å². The van der Waals surface area contributed by atoms with Gasteiger partial charge >= 0.3 is 0 Å². The SMILES string of the molecule is Oc1c(F)cccc1CCBr. The van der Waals surface area contributed by atoms with Crippen LogP contribution in [-0.2, 0) is 6.42 Å². The van der Waals surface area contributed by atoms with Crippen molar-refractivity contribution in [3.63, 3.8) is 0 Å². The summed E-state index contributed by atoms with van der Waals surface area (Å²) in [6.07, 6.45) is 0.642. The number of hydrogen-bond acceptors (Lipinski definition) is 1. The van der Waals surface area contributed by atoms with E-state index in [1.807, 2.05) is 0 Å². The Morgan fingerprint density at radius 3 is 2.82 bits per heavy atom. The molecule has 1 aromatic rings. The van der Waals surface area contributed by atoms with Gasteiger partial charge in [-0.2, -0.15) is 0 Å². The molecule has 11 heavy (non-hydrogen) atoms. The molecular weight excluding hydrogens is 211 g/mol. The number of aryl methyl sites for hydroxylation is 1. The molecule has 1 rings (SSSR count). The van der Waals surface area contributed by atoms with Crippen molar-refractivity contribution in [1.29, 1.82) is 0 Å². The quantitative estimate of drug-likeness (QED) is 0.757. The molecule has 60 valence electrons. The third kappa shape index (κ3) is 1.93. The molecule has 1 N–H and O–H groups in total. The maximum absolute atomic E-state index is 12.6. The molecule has 0 aliphatic rings. The fourth-order valence-corrected chi connectivity index (χ4v) is 1.29. The van der Waals surface area contributed by atoms with E-state index in [4.69, 9.17) is 5.11 Å². The van der Waals surface area contributed by atoms with Gasteiger partial charge in [0.25, 0.3) is 0 Å². The molecule has 0 fully saturated rings. The molecule has 0 aliphatic heterocycles. The Balaban J connectivity index is 2.96. The van der Waals surface area contributed by atoms with Crippen molar-refractivity contribution < 1.29 is 9.50 Å². The molecular formula is C8H8BrFO. The van der Waals surface area contributed by atoms with Crippen LogP contribution >= 0.6 is 15.9 Å². The predicted octanol–water partition coefficient (Wildman–Crippen LogP) is 2.47. The average molecular weight is 219 g/mol. The van der Waals surface area contributed by atoms with Gasteiger partial charge in [0.05, 0.1) is 0 Å². The number of hydrogen-bond donors (Lipinski definition) is 1. The fourth-order valence-electron chi connectivity index (χ4n) is 0.864. The Labute approximate surface area is 73.0 Å². The van der Waals surface area contributed by atoms with Crippen molar-refractivity contribution in [2.24, 2.45) is 0 Å². The number of halogens is 2. The highest BCUT2D eigenvalue weighted by atomic mass is 79.9. The molecule has 0 aromatic heterocycles. The van der Waals surface area contributed by atoms with Crippen LogP contribution in [0.3, 0.4) is 0 Å². The monoisotopic (exact) mass is 218 g/mol. The molecule has 1 aromatic carbocycles. The fraction of sp³-hybridized carbons (Fsp3) is 0.250. The predicted molar refractivity (Wildman–Crippen MR) is 45.6 cm³/mol. The van der Waals surface area contributed by atoms with E-state index in [9.17, 15) is 4.39 Å². The molecule has 0 saturated carbocycles. The summed E-state index contributed by atoms with van der Waals surface area (Å²) in [6.45, 7) is 0. The Kier molecular flexibility index (Phi) is 2.88. The minimum Gasteiger partial charge on any atom is -0.505 e. The summed E-state index contributed by atoms with van der Waals surface area (Å²) in [7, 11) is 0. The van der Waals surface area contributed by atoms with Crippen molar-refractivity contribution in [2.75, 3.05) is 5.33 Å². The summed E-state index contributed by atoms with van der Waals surface area (Å²) in [5.74, 6) is -0.782. The second-order valence-corrected chi connectivity index (χ2v) is 2.98. The highest BCUT2D eigenvalue weighted by molar-refractivity contribution is 9.09. The molecule has 0 unspecified atom stereocenters. The number of phenolic OH excluding ortho intramolecular Hbond substituents is 1. The lowest BCUT2D eigenvalue weighted by Gasteiger charge is -2.01. The maximum Gasteiger partial charge on any atom is 0.165 e. The minimum absolute atomic E-state index is 0.230. The second-order valence-electron chi connectivity index (χ2n) is 2.19. The van der Waals surface area contributed by atoms with Crippen LogP contribution in [0.15, 0.2) is 18.2 Å². The van der Waals surface area contributed by atoms with Gasteiger partial charge in [-0.15, -0.1) is 0 Å². The first-order chi connectivity index (χ1) is 5.25. The number of phenols is 1. The number of rotatable bonds is 2. The highest BCUT2D eigenvalue weighted by Crippen LogP contribution is 2.21. The molecule has 0 spiro atoms. The van der Waals surface area contributed by atoms with Crippen molar-refractivity contribution >= 4 is 15.9 Å². The molecule has 3 heteroatoms. The number of para-hydroxylation sites is 1. The van der Waals surface area contributed by atoms with E-state index < -0.39 is 5.82 Å². The van der Waals surface area contributed by atoms with E-state index in [2.05, 4.69) is 15.9 Å². The summed E-state index contributed by atoms with van der Waals surface area (Å²) in [5.41, 5.74) is 0.641. The molecule has 0 bridgehead atoms. The van der Waals surface area contributed by atoms with Crippen LogP contribution in [0.5, 0.6) is 5.75 Å². The van der Waals surface area contributed by atoms with Gasteiger partial charge in [0.2, 0.25) is 0 Å². The molecule has 0 atom stereocenters. The number of alkyl halides is 1. The number of aromatic hydroxyl groups is 1. The second kappa shape index (κ2) is 3.72. The van der Waals surface area contributed by atoms with Crippen molar-refractivity contribution in [3.05, 3.63) is 29.6 Å². The summed E-state index contributed by atoms with van der Waals surface area (Å²) < 4.78 is 12.6. The van der Waals surface area contributed by atoms with Gasteiger partial charge < -0.3 is 5.11 Å². The van der Waals surface area contributed by atoms with Crippen LogP contribution in [0.2, 0.25) is 0 Å². The van der Waals surface area contributed by atoms with Gasteiger partial charge in [-0.25, -0.2) is 4.39 Å². The topological polar surface area (TPSA) is 20.2 Å². The van der Waals surface area contributed by atoms with Gasteiger partial charge in [0.15, 0.2) is 11.6 Å². The molecule has 1 nitrogen and oxygen atoms in total. The van der Waals surface area contributed by atoms with Crippen LogP contribution < -0.4 is 0 Å². The summed E-state index contributed by atoms with van der Waals surface area (Å²) in [4.78, 5) is 0. The summed E-state index contributed by atoms with van der Waals surface area (Å²) in [5, 5.41) is 9.86. The Morgan fingerprint density at radius 2 is 2.18 bits per heavy atom. The zero-order valence-electron chi connectivity index (χ0n) is 5.85. The third-order valence-corrected chi connectivity index (χ3v) is 1.83. The zero-order chi connectivity index (χ0) is 8.27. The Morgan fingerprint density at radius 1 is 1.45 bits per heavy atom. The van der Waals surface area contributed by atoms with E-state index >= 15 is 0 Å². The third-order valence-electron chi connectivity index (χ3n) is 1.43. The van der Waals surface area contributed by atoms with E-state index in [0.29, 0.717) is 12.0 Å². The van der Waals surface area contributed by atoms with Crippen molar-refractivity contribution in [3.8, 4) is 5.75 Å². The van der Waals surface area contributed by atoms with E-state index in [0.717, 1.165) is 5.33 Å².